The second-order valence-corrected chi connectivity index (χ2v) is 5.32. The summed E-state index contributed by atoms with van der Waals surface area (Å²) in [6.45, 7) is 5.88. The number of rotatable bonds is 6. The molecule has 3 nitrogen and oxygen atoms in total. The Morgan fingerprint density at radius 1 is 1.42 bits per heavy atom. The second kappa shape index (κ2) is 7.07. The first-order valence-electron chi connectivity index (χ1n) is 7.01. The van der Waals surface area contributed by atoms with Gasteiger partial charge in [0.05, 0.1) is 19.4 Å². The number of benzene rings is 1. The number of hydrogen-bond acceptors (Lipinski definition) is 3. The number of allylic oxidation sites excluding steroid dienone is 1. The highest BCUT2D eigenvalue weighted by molar-refractivity contribution is 5.48. The molecule has 1 atom stereocenters. The van der Waals surface area contributed by atoms with Crippen molar-refractivity contribution >= 4 is 5.69 Å². The highest BCUT2D eigenvalue weighted by Crippen LogP contribution is 2.19. The fourth-order valence-electron chi connectivity index (χ4n) is 1.93. The van der Waals surface area contributed by atoms with Crippen molar-refractivity contribution in [2.45, 2.75) is 32.8 Å². The molecule has 0 aliphatic carbocycles. The average molecular weight is 261 g/mol. The topological polar surface area (TPSA) is 30.5 Å². The number of ether oxygens (including phenoxy) is 2. The van der Waals surface area contributed by atoms with Crippen LogP contribution in [0.4, 0.5) is 5.69 Å². The normalized spacial score (nSPS) is 18.2. The standard InChI is InChI=1S/C16H23NO2/c1-13(2)12-19-15-8-5-6-14(10-15)17-11-16-7-3-4-9-18-16/h4-6,8-10,13,16-17H,3,7,11-12H2,1-2H3. The molecular weight excluding hydrogens is 238 g/mol. The highest BCUT2D eigenvalue weighted by atomic mass is 16.5. The lowest BCUT2D eigenvalue weighted by atomic mass is 10.1. The van der Waals surface area contributed by atoms with Gasteiger partial charge in [-0.1, -0.05) is 19.9 Å². The van der Waals surface area contributed by atoms with Gasteiger partial charge < -0.3 is 14.8 Å². The predicted molar refractivity (Wildman–Crippen MR) is 78.5 cm³/mol. The fourth-order valence-corrected chi connectivity index (χ4v) is 1.93. The summed E-state index contributed by atoms with van der Waals surface area (Å²) in [4.78, 5) is 0. The summed E-state index contributed by atoms with van der Waals surface area (Å²) in [6.07, 6.45) is 6.32. The molecule has 0 amide bonds. The van der Waals surface area contributed by atoms with Gasteiger partial charge in [0.25, 0.3) is 0 Å². The Morgan fingerprint density at radius 3 is 3.05 bits per heavy atom. The van der Waals surface area contributed by atoms with Gasteiger partial charge in [0.15, 0.2) is 0 Å². The predicted octanol–water partition coefficient (Wildman–Crippen LogP) is 3.83. The molecule has 0 fully saturated rings. The van der Waals surface area contributed by atoms with Crippen molar-refractivity contribution < 1.29 is 9.47 Å². The molecule has 1 unspecified atom stereocenters. The summed E-state index contributed by atoms with van der Waals surface area (Å²) in [6, 6.07) is 8.11. The number of nitrogens with one attached hydrogen (secondary N) is 1. The molecule has 3 heteroatoms. The van der Waals surface area contributed by atoms with Crippen LogP contribution >= 0.6 is 0 Å². The molecule has 1 heterocycles. The first kappa shape index (κ1) is 13.8. The fraction of sp³-hybridized carbons (Fsp3) is 0.500. The highest BCUT2D eigenvalue weighted by Gasteiger charge is 2.10. The Hall–Kier alpha value is -1.64. The lowest BCUT2D eigenvalue weighted by molar-refractivity contribution is 0.135. The van der Waals surface area contributed by atoms with Gasteiger partial charge in [-0.2, -0.15) is 0 Å². The average Bonchev–Trinajstić information content (AvgIpc) is 2.44. The minimum Gasteiger partial charge on any atom is -0.497 e. The zero-order valence-electron chi connectivity index (χ0n) is 11.8. The van der Waals surface area contributed by atoms with Gasteiger partial charge in [-0.3, -0.25) is 0 Å². The van der Waals surface area contributed by atoms with Crippen LogP contribution in [0.5, 0.6) is 5.75 Å². The van der Waals surface area contributed by atoms with Crippen molar-refractivity contribution in [3.63, 3.8) is 0 Å². The third-order valence-corrected chi connectivity index (χ3v) is 2.97. The van der Waals surface area contributed by atoms with Crippen LogP contribution < -0.4 is 10.1 Å². The molecular formula is C16H23NO2. The van der Waals surface area contributed by atoms with E-state index in [9.17, 15) is 0 Å². The summed E-state index contributed by atoms with van der Waals surface area (Å²) < 4.78 is 11.3. The molecule has 19 heavy (non-hydrogen) atoms. The van der Waals surface area contributed by atoms with E-state index in [-0.39, 0.29) is 6.10 Å². The smallest absolute Gasteiger partial charge is 0.121 e. The molecule has 0 bridgehead atoms. The minimum atomic E-state index is 0.269. The van der Waals surface area contributed by atoms with Crippen LogP contribution in [0, 0.1) is 5.92 Å². The van der Waals surface area contributed by atoms with E-state index in [0.29, 0.717) is 5.92 Å². The van der Waals surface area contributed by atoms with Gasteiger partial charge in [0, 0.05) is 11.8 Å². The molecule has 0 radical (unpaired) electrons. The molecule has 0 saturated heterocycles. The second-order valence-electron chi connectivity index (χ2n) is 5.32. The van der Waals surface area contributed by atoms with Crippen LogP contribution in [-0.2, 0) is 4.74 Å². The summed E-state index contributed by atoms with van der Waals surface area (Å²) in [5, 5.41) is 3.40. The van der Waals surface area contributed by atoms with Crippen molar-refractivity contribution in [1.29, 1.82) is 0 Å². The van der Waals surface area contributed by atoms with Crippen LogP contribution in [0.15, 0.2) is 36.6 Å². The molecule has 0 saturated carbocycles. The molecule has 0 spiro atoms. The molecule has 1 N–H and O–H groups in total. The summed E-state index contributed by atoms with van der Waals surface area (Å²) >= 11 is 0. The van der Waals surface area contributed by atoms with E-state index in [1.165, 1.54) is 0 Å². The monoisotopic (exact) mass is 261 g/mol. The van der Waals surface area contributed by atoms with Gasteiger partial charge in [0.2, 0.25) is 0 Å². The first-order chi connectivity index (χ1) is 9.24. The Labute approximate surface area is 115 Å². The Morgan fingerprint density at radius 2 is 2.32 bits per heavy atom. The molecule has 1 aromatic carbocycles. The van der Waals surface area contributed by atoms with Crippen molar-refractivity contribution in [3.05, 3.63) is 36.6 Å². The van der Waals surface area contributed by atoms with Crippen molar-refractivity contribution in [3.8, 4) is 5.75 Å². The SMILES string of the molecule is CC(C)COc1cccc(NCC2CCC=CO2)c1. The third kappa shape index (κ3) is 4.86. The van der Waals surface area contributed by atoms with E-state index in [0.717, 1.165) is 37.4 Å². The summed E-state index contributed by atoms with van der Waals surface area (Å²) in [7, 11) is 0. The zero-order valence-corrected chi connectivity index (χ0v) is 11.8. The van der Waals surface area contributed by atoms with E-state index in [1.54, 1.807) is 6.26 Å². The van der Waals surface area contributed by atoms with E-state index in [4.69, 9.17) is 9.47 Å². The Bertz CT molecular complexity index is 415. The molecule has 2 rings (SSSR count). The van der Waals surface area contributed by atoms with Crippen molar-refractivity contribution in [2.24, 2.45) is 5.92 Å². The van der Waals surface area contributed by atoms with E-state index in [1.807, 2.05) is 18.2 Å². The summed E-state index contributed by atoms with van der Waals surface area (Å²) in [5.74, 6) is 1.46. The van der Waals surface area contributed by atoms with Crippen LogP contribution in [0.3, 0.4) is 0 Å². The van der Waals surface area contributed by atoms with E-state index >= 15 is 0 Å². The van der Waals surface area contributed by atoms with Gasteiger partial charge in [-0.05, 0) is 37.0 Å². The van der Waals surface area contributed by atoms with E-state index < -0.39 is 0 Å². The van der Waals surface area contributed by atoms with Gasteiger partial charge >= 0.3 is 0 Å². The molecule has 1 aliphatic heterocycles. The lowest BCUT2D eigenvalue weighted by Gasteiger charge is -2.20. The Kier molecular flexibility index (Phi) is 5.13. The van der Waals surface area contributed by atoms with Crippen molar-refractivity contribution in [2.75, 3.05) is 18.5 Å². The molecule has 104 valence electrons. The van der Waals surface area contributed by atoms with E-state index in [2.05, 4.69) is 31.3 Å². The van der Waals surface area contributed by atoms with Gasteiger partial charge in [-0.25, -0.2) is 0 Å². The minimum absolute atomic E-state index is 0.269. The first-order valence-corrected chi connectivity index (χ1v) is 7.01. The maximum absolute atomic E-state index is 5.72. The van der Waals surface area contributed by atoms with Gasteiger partial charge in [0.1, 0.15) is 11.9 Å². The largest absolute Gasteiger partial charge is 0.497 e. The maximum Gasteiger partial charge on any atom is 0.121 e. The molecule has 1 aromatic rings. The van der Waals surface area contributed by atoms with Crippen LogP contribution in [-0.4, -0.2) is 19.3 Å². The van der Waals surface area contributed by atoms with Crippen LogP contribution in [0.25, 0.3) is 0 Å². The quantitative estimate of drug-likeness (QED) is 0.844. The van der Waals surface area contributed by atoms with Gasteiger partial charge in [-0.15, -0.1) is 0 Å². The van der Waals surface area contributed by atoms with Crippen LogP contribution in [0.1, 0.15) is 26.7 Å². The molecule has 1 aliphatic rings. The number of hydrogen-bond donors (Lipinski definition) is 1. The Balaban J connectivity index is 1.82. The number of anilines is 1. The van der Waals surface area contributed by atoms with Crippen LogP contribution in [0.2, 0.25) is 0 Å². The third-order valence-electron chi connectivity index (χ3n) is 2.97. The zero-order chi connectivity index (χ0) is 13.5. The molecule has 0 aromatic heterocycles. The maximum atomic E-state index is 5.72. The van der Waals surface area contributed by atoms with Crippen molar-refractivity contribution in [1.82, 2.24) is 0 Å². The lowest BCUT2D eigenvalue weighted by Crippen LogP contribution is -2.22. The summed E-state index contributed by atoms with van der Waals surface area (Å²) in [5.41, 5.74) is 1.08.